The maximum atomic E-state index is 13.4. The lowest BCUT2D eigenvalue weighted by atomic mass is 9.78. The molecule has 0 amide bonds. The van der Waals surface area contributed by atoms with Gasteiger partial charge in [-0.1, -0.05) is 23.2 Å². The Morgan fingerprint density at radius 1 is 1.05 bits per heavy atom. The second kappa shape index (κ2) is 5.21. The summed E-state index contributed by atoms with van der Waals surface area (Å²) in [5.74, 6) is 0. The Bertz CT molecular complexity index is 546. The van der Waals surface area contributed by atoms with Crippen molar-refractivity contribution < 1.29 is 26.3 Å². The van der Waals surface area contributed by atoms with Crippen LogP contribution >= 0.6 is 23.2 Å². The summed E-state index contributed by atoms with van der Waals surface area (Å²) < 4.78 is 78.7. The van der Waals surface area contributed by atoms with Gasteiger partial charge in [0.2, 0.25) is 0 Å². The van der Waals surface area contributed by atoms with Crippen molar-refractivity contribution >= 4 is 23.2 Å². The summed E-state index contributed by atoms with van der Waals surface area (Å²) in [6.45, 7) is -0.438. The number of rotatable bonds is 1. The van der Waals surface area contributed by atoms with Crippen LogP contribution in [0.25, 0.3) is 0 Å². The second-order valence-corrected chi connectivity index (χ2v) is 5.61. The van der Waals surface area contributed by atoms with Crippen LogP contribution in [0.15, 0.2) is 12.1 Å². The molecule has 118 valence electrons. The number of benzene rings is 1. The molecule has 0 aliphatic carbocycles. The monoisotopic (exact) mass is 351 g/mol. The number of hydrogen-bond donors (Lipinski definition) is 1. The molecule has 1 atom stereocenters. The van der Waals surface area contributed by atoms with Gasteiger partial charge in [-0.25, -0.2) is 0 Å². The van der Waals surface area contributed by atoms with Crippen LogP contribution in [0, 0.1) is 0 Å². The van der Waals surface area contributed by atoms with Gasteiger partial charge in [0.1, 0.15) is 5.41 Å². The van der Waals surface area contributed by atoms with Crippen molar-refractivity contribution in [3.05, 3.63) is 33.3 Å². The Balaban J connectivity index is 2.66. The van der Waals surface area contributed by atoms with Crippen molar-refractivity contribution in [1.29, 1.82) is 0 Å². The Labute approximate surface area is 126 Å². The van der Waals surface area contributed by atoms with Crippen LogP contribution in [0.5, 0.6) is 0 Å². The number of nitrogens with one attached hydrogen (secondary N) is 1. The fourth-order valence-corrected chi connectivity index (χ4v) is 2.85. The minimum Gasteiger partial charge on any atom is -0.315 e. The summed E-state index contributed by atoms with van der Waals surface area (Å²) in [5.41, 5.74) is -4.27. The summed E-state index contributed by atoms with van der Waals surface area (Å²) in [6, 6.07) is 1.30. The molecule has 2 rings (SSSR count). The Kier molecular flexibility index (Phi) is 4.14. The summed E-state index contributed by atoms with van der Waals surface area (Å²) in [5, 5.41) is 1.19. The molecule has 1 saturated heterocycles. The molecule has 1 fully saturated rings. The van der Waals surface area contributed by atoms with Crippen LogP contribution in [0.3, 0.4) is 0 Å². The molecule has 0 radical (unpaired) electrons. The van der Waals surface area contributed by atoms with E-state index in [1.165, 1.54) is 0 Å². The van der Waals surface area contributed by atoms with E-state index < -0.39 is 45.5 Å². The number of alkyl halides is 6. The third-order valence-electron chi connectivity index (χ3n) is 3.58. The first kappa shape index (κ1) is 16.7. The van der Waals surface area contributed by atoms with Crippen molar-refractivity contribution in [3.63, 3.8) is 0 Å². The second-order valence-electron chi connectivity index (χ2n) is 4.82. The van der Waals surface area contributed by atoms with E-state index in [0.717, 1.165) is 6.07 Å². The van der Waals surface area contributed by atoms with Gasteiger partial charge in [0, 0.05) is 6.54 Å². The molecule has 0 saturated carbocycles. The van der Waals surface area contributed by atoms with E-state index in [1.807, 2.05) is 0 Å². The van der Waals surface area contributed by atoms with Gasteiger partial charge in [-0.2, -0.15) is 26.3 Å². The Morgan fingerprint density at radius 2 is 1.67 bits per heavy atom. The summed E-state index contributed by atoms with van der Waals surface area (Å²) >= 11 is 11.1. The molecule has 1 nitrogen and oxygen atoms in total. The molecule has 21 heavy (non-hydrogen) atoms. The highest BCUT2D eigenvalue weighted by Gasteiger charge is 2.57. The molecule has 1 aromatic carbocycles. The van der Waals surface area contributed by atoms with E-state index >= 15 is 0 Å². The quantitative estimate of drug-likeness (QED) is 0.716. The zero-order valence-corrected chi connectivity index (χ0v) is 11.8. The van der Waals surface area contributed by atoms with Gasteiger partial charge in [-0.05, 0) is 30.7 Å². The van der Waals surface area contributed by atoms with Crippen LogP contribution in [-0.2, 0) is 11.6 Å². The molecular formula is C12H9Cl2F6N. The van der Waals surface area contributed by atoms with Gasteiger partial charge in [0.05, 0.1) is 15.6 Å². The van der Waals surface area contributed by atoms with E-state index in [-0.39, 0.29) is 13.0 Å². The standard InChI is InChI=1S/C12H9Cl2F6N/c13-8-4-6(3-7(9(8)14)11(15,16)17)10(12(18,19)20)1-2-21-5-10/h3-4,21H,1-2,5H2. The molecule has 1 unspecified atom stereocenters. The summed E-state index contributed by atoms with van der Waals surface area (Å²) in [7, 11) is 0. The summed E-state index contributed by atoms with van der Waals surface area (Å²) in [4.78, 5) is 0. The van der Waals surface area contributed by atoms with E-state index in [2.05, 4.69) is 5.32 Å². The van der Waals surface area contributed by atoms with Gasteiger partial charge in [-0.3, -0.25) is 0 Å². The molecule has 1 heterocycles. The van der Waals surface area contributed by atoms with Crippen molar-refractivity contribution in [1.82, 2.24) is 5.32 Å². The molecule has 0 spiro atoms. The largest absolute Gasteiger partial charge is 0.417 e. The number of halogens is 8. The molecule has 9 heteroatoms. The van der Waals surface area contributed by atoms with Crippen LogP contribution in [0.2, 0.25) is 10.0 Å². The Hall–Kier alpha value is -0.660. The van der Waals surface area contributed by atoms with Gasteiger partial charge in [0.15, 0.2) is 0 Å². The first-order valence-electron chi connectivity index (χ1n) is 5.83. The van der Waals surface area contributed by atoms with Gasteiger partial charge >= 0.3 is 12.4 Å². The Morgan fingerprint density at radius 3 is 2.10 bits per heavy atom. The third-order valence-corrected chi connectivity index (χ3v) is 4.39. The predicted octanol–water partition coefficient (Wildman–Crippen LogP) is 4.81. The molecule has 1 aliphatic rings. The molecule has 1 aliphatic heterocycles. The highest BCUT2D eigenvalue weighted by atomic mass is 35.5. The van der Waals surface area contributed by atoms with E-state index in [1.54, 1.807) is 0 Å². The van der Waals surface area contributed by atoms with Crippen LogP contribution < -0.4 is 5.32 Å². The zero-order chi connectivity index (χ0) is 16.1. The first-order chi connectivity index (χ1) is 9.49. The smallest absolute Gasteiger partial charge is 0.315 e. The first-order valence-corrected chi connectivity index (χ1v) is 6.59. The lowest BCUT2D eigenvalue weighted by molar-refractivity contribution is -0.185. The van der Waals surface area contributed by atoms with Crippen molar-refractivity contribution in [2.24, 2.45) is 0 Å². The molecule has 1 N–H and O–H groups in total. The van der Waals surface area contributed by atoms with Gasteiger partial charge in [-0.15, -0.1) is 0 Å². The van der Waals surface area contributed by atoms with Crippen molar-refractivity contribution in [2.45, 2.75) is 24.2 Å². The maximum absolute atomic E-state index is 13.4. The van der Waals surface area contributed by atoms with Gasteiger partial charge in [0.25, 0.3) is 0 Å². The summed E-state index contributed by atoms with van der Waals surface area (Å²) in [6.07, 6.45) is -9.93. The van der Waals surface area contributed by atoms with E-state index in [0.29, 0.717) is 6.07 Å². The normalized spacial score (nSPS) is 23.6. The fraction of sp³-hybridized carbons (Fsp3) is 0.500. The van der Waals surface area contributed by atoms with Crippen LogP contribution in [0.4, 0.5) is 26.3 Å². The highest BCUT2D eigenvalue weighted by molar-refractivity contribution is 6.42. The molecule has 1 aromatic rings. The SMILES string of the molecule is FC(F)(F)c1cc(C2(C(F)(F)F)CCNC2)cc(Cl)c1Cl. The highest BCUT2D eigenvalue weighted by Crippen LogP contribution is 2.48. The molecule has 0 bridgehead atoms. The fourth-order valence-electron chi connectivity index (χ4n) is 2.42. The van der Waals surface area contributed by atoms with Crippen molar-refractivity contribution in [3.8, 4) is 0 Å². The average Bonchev–Trinajstić information content (AvgIpc) is 2.80. The van der Waals surface area contributed by atoms with Gasteiger partial charge < -0.3 is 5.32 Å². The van der Waals surface area contributed by atoms with Crippen LogP contribution in [0.1, 0.15) is 17.5 Å². The minimum absolute atomic E-state index is 0.0567. The molecule has 0 aromatic heterocycles. The van der Waals surface area contributed by atoms with Crippen molar-refractivity contribution in [2.75, 3.05) is 13.1 Å². The zero-order valence-electron chi connectivity index (χ0n) is 10.3. The molecular weight excluding hydrogens is 343 g/mol. The lowest BCUT2D eigenvalue weighted by Gasteiger charge is -2.32. The van der Waals surface area contributed by atoms with E-state index in [4.69, 9.17) is 23.2 Å². The third kappa shape index (κ3) is 2.83. The van der Waals surface area contributed by atoms with E-state index in [9.17, 15) is 26.3 Å². The number of hydrogen-bond acceptors (Lipinski definition) is 1. The minimum atomic E-state index is -4.88. The average molecular weight is 352 g/mol. The lowest BCUT2D eigenvalue weighted by Crippen LogP contribution is -2.44. The van der Waals surface area contributed by atoms with Crippen LogP contribution in [-0.4, -0.2) is 19.3 Å². The topological polar surface area (TPSA) is 12.0 Å². The predicted molar refractivity (Wildman–Crippen MR) is 66.7 cm³/mol. The maximum Gasteiger partial charge on any atom is 0.417 e.